The van der Waals surface area contributed by atoms with E-state index in [0.29, 0.717) is 28.9 Å². The first-order valence-electron chi connectivity index (χ1n) is 11.9. The summed E-state index contributed by atoms with van der Waals surface area (Å²) in [6, 6.07) is 13.3. The Morgan fingerprint density at radius 1 is 0.667 bits per heavy atom. The molecule has 6 nitrogen and oxygen atoms in total. The van der Waals surface area contributed by atoms with Gasteiger partial charge in [0.15, 0.2) is 0 Å². The molecule has 0 aliphatic rings. The van der Waals surface area contributed by atoms with Gasteiger partial charge in [-0.3, -0.25) is 9.59 Å². The number of rotatable bonds is 14. The van der Waals surface area contributed by atoms with Gasteiger partial charge in [0.05, 0.1) is 12.7 Å². The van der Waals surface area contributed by atoms with Crippen molar-refractivity contribution in [2.24, 2.45) is 0 Å². The molecular weight excluding hydrogens is 416 g/mol. The summed E-state index contributed by atoms with van der Waals surface area (Å²) in [7, 11) is 1.32. The first kappa shape index (κ1) is 26.1. The SMILES string of the molecule is CCCCCCCCCCCC(=O)Nc1ccc(C(=O)Nc2ccc(C(=O)OC)cc2)cc1. The fourth-order valence-corrected chi connectivity index (χ4v) is 3.54. The molecule has 2 aromatic carbocycles. The second-order valence-corrected chi connectivity index (χ2v) is 8.23. The number of carbonyl (C=O) groups excluding carboxylic acids is 3. The number of nitrogens with one attached hydrogen (secondary N) is 2. The van der Waals surface area contributed by atoms with E-state index in [1.807, 2.05) is 0 Å². The normalized spacial score (nSPS) is 10.5. The van der Waals surface area contributed by atoms with Gasteiger partial charge in [-0.2, -0.15) is 0 Å². The van der Waals surface area contributed by atoms with Crippen molar-refractivity contribution in [3.05, 3.63) is 59.7 Å². The summed E-state index contributed by atoms with van der Waals surface area (Å²) in [5.41, 5.74) is 2.14. The number of benzene rings is 2. The number of hydrogen-bond donors (Lipinski definition) is 2. The molecule has 2 aromatic rings. The van der Waals surface area contributed by atoms with E-state index in [1.165, 1.54) is 52.1 Å². The zero-order valence-corrected chi connectivity index (χ0v) is 19.8. The highest BCUT2D eigenvalue weighted by Gasteiger charge is 2.09. The number of unbranched alkanes of at least 4 members (excludes halogenated alkanes) is 8. The van der Waals surface area contributed by atoms with Gasteiger partial charge in [0.2, 0.25) is 5.91 Å². The molecule has 0 bridgehead atoms. The summed E-state index contributed by atoms with van der Waals surface area (Å²) in [6.07, 6.45) is 11.5. The van der Waals surface area contributed by atoms with E-state index in [0.717, 1.165) is 12.8 Å². The number of ether oxygens (including phenoxy) is 1. The van der Waals surface area contributed by atoms with E-state index in [1.54, 1.807) is 48.5 Å². The van der Waals surface area contributed by atoms with Gasteiger partial charge in [-0.1, -0.05) is 58.3 Å². The number of hydrogen-bond acceptors (Lipinski definition) is 4. The Morgan fingerprint density at radius 2 is 1.15 bits per heavy atom. The van der Waals surface area contributed by atoms with Gasteiger partial charge >= 0.3 is 5.97 Å². The van der Waals surface area contributed by atoms with Crippen LogP contribution in [0.1, 0.15) is 91.8 Å². The molecule has 178 valence electrons. The van der Waals surface area contributed by atoms with E-state index in [9.17, 15) is 14.4 Å². The maximum Gasteiger partial charge on any atom is 0.337 e. The first-order chi connectivity index (χ1) is 16.0. The molecule has 0 aliphatic carbocycles. The molecule has 0 aromatic heterocycles. The lowest BCUT2D eigenvalue weighted by Crippen LogP contribution is -2.13. The van der Waals surface area contributed by atoms with Crippen molar-refractivity contribution in [3.63, 3.8) is 0 Å². The minimum absolute atomic E-state index is 0.000781. The van der Waals surface area contributed by atoms with Crippen LogP contribution in [0, 0.1) is 0 Å². The molecule has 33 heavy (non-hydrogen) atoms. The number of carbonyl (C=O) groups is 3. The molecule has 2 N–H and O–H groups in total. The molecule has 0 aliphatic heterocycles. The standard InChI is InChI=1S/C27H36N2O4/c1-3-4-5-6-7-8-9-10-11-12-25(30)28-23-17-13-21(14-18-23)26(31)29-24-19-15-22(16-20-24)27(32)33-2/h13-20H,3-12H2,1-2H3,(H,28,30)(H,29,31). The summed E-state index contributed by atoms with van der Waals surface area (Å²) in [4.78, 5) is 36.1. The summed E-state index contributed by atoms with van der Waals surface area (Å²) in [5, 5.41) is 5.67. The lowest BCUT2D eigenvalue weighted by molar-refractivity contribution is -0.116. The van der Waals surface area contributed by atoms with Gasteiger partial charge in [-0.05, 0) is 55.0 Å². The first-order valence-corrected chi connectivity index (χ1v) is 11.9. The number of anilines is 2. The van der Waals surface area contributed by atoms with Crippen LogP contribution in [0.3, 0.4) is 0 Å². The number of amides is 2. The third-order valence-corrected chi connectivity index (χ3v) is 5.50. The molecule has 0 unspecified atom stereocenters. The Labute approximate surface area is 197 Å². The minimum atomic E-state index is -0.427. The highest BCUT2D eigenvalue weighted by atomic mass is 16.5. The molecule has 0 atom stereocenters. The third kappa shape index (κ3) is 9.89. The summed E-state index contributed by atoms with van der Waals surface area (Å²) in [5.74, 6) is -0.697. The predicted molar refractivity (Wildman–Crippen MR) is 133 cm³/mol. The van der Waals surface area contributed by atoms with Crippen LogP contribution < -0.4 is 10.6 Å². The molecule has 0 saturated heterocycles. The monoisotopic (exact) mass is 452 g/mol. The fraction of sp³-hybridized carbons (Fsp3) is 0.444. The van der Waals surface area contributed by atoms with Crippen molar-refractivity contribution in [3.8, 4) is 0 Å². The van der Waals surface area contributed by atoms with Crippen molar-refractivity contribution in [1.29, 1.82) is 0 Å². The summed E-state index contributed by atoms with van der Waals surface area (Å²) < 4.78 is 4.66. The molecule has 0 radical (unpaired) electrons. The van der Waals surface area contributed by atoms with Gasteiger partial charge in [-0.25, -0.2) is 4.79 Å². The smallest absolute Gasteiger partial charge is 0.337 e. The van der Waals surface area contributed by atoms with Gasteiger partial charge in [-0.15, -0.1) is 0 Å². The van der Waals surface area contributed by atoms with Gasteiger partial charge in [0, 0.05) is 23.4 Å². The Bertz CT molecular complexity index is 876. The number of methoxy groups -OCH3 is 1. The molecule has 0 fully saturated rings. The van der Waals surface area contributed by atoms with Crippen LogP contribution in [0.2, 0.25) is 0 Å². The lowest BCUT2D eigenvalue weighted by Gasteiger charge is -2.08. The predicted octanol–water partition coefficient (Wildman–Crippen LogP) is 6.58. The van der Waals surface area contributed by atoms with Crippen molar-refractivity contribution in [2.45, 2.75) is 71.1 Å². The van der Waals surface area contributed by atoms with Crippen molar-refractivity contribution < 1.29 is 19.1 Å². The van der Waals surface area contributed by atoms with Crippen LogP contribution in [0.5, 0.6) is 0 Å². The van der Waals surface area contributed by atoms with Gasteiger partial charge in [0.1, 0.15) is 0 Å². The second-order valence-electron chi connectivity index (χ2n) is 8.23. The van der Waals surface area contributed by atoms with Gasteiger partial charge < -0.3 is 15.4 Å². The van der Waals surface area contributed by atoms with Crippen LogP contribution in [-0.4, -0.2) is 24.9 Å². The maximum absolute atomic E-state index is 12.4. The summed E-state index contributed by atoms with van der Waals surface area (Å²) >= 11 is 0. The average molecular weight is 453 g/mol. The van der Waals surface area contributed by atoms with E-state index in [4.69, 9.17) is 0 Å². The highest BCUT2D eigenvalue weighted by Crippen LogP contribution is 2.15. The van der Waals surface area contributed by atoms with Crippen molar-refractivity contribution in [2.75, 3.05) is 17.7 Å². The highest BCUT2D eigenvalue weighted by molar-refractivity contribution is 6.05. The van der Waals surface area contributed by atoms with Crippen molar-refractivity contribution in [1.82, 2.24) is 0 Å². The van der Waals surface area contributed by atoms with E-state index < -0.39 is 5.97 Å². The van der Waals surface area contributed by atoms with E-state index in [-0.39, 0.29) is 11.8 Å². The Hall–Kier alpha value is -3.15. The summed E-state index contributed by atoms with van der Waals surface area (Å²) in [6.45, 7) is 2.23. The quantitative estimate of drug-likeness (QED) is 0.250. The largest absolute Gasteiger partial charge is 0.465 e. The van der Waals surface area contributed by atoms with E-state index in [2.05, 4.69) is 22.3 Å². The molecule has 0 heterocycles. The number of esters is 1. The Morgan fingerprint density at radius 3 is 1.70 bits per heavy atom. The van der Waals surface area contributed by atoms with Crippen molar-refractivity contribution >= 4 is 29.2 Å². The third-order valence-electron chi connectivity index (χ3n) is 5.50. The topological polar surface area (TPSA) is 84.5 Å². The van der Waals surface area contributed by atoms with Gasteiger partial charge in [0.25, 0.3) is 5.91 Å². The van der Waals surface area contributed by atoms with Crippen LogP contribution in [0.25, 0.3) is 0 Å². The zero-order valence-electron chi connectivity index (χ0n) is 19.8. The van der Waals surface area contributed by atoms with Crippen LogP contribution >= 0.6 is 0 Å². The molecule has 2 rings (SSSR count). The Balaban J connectivity index is 1.68. The van der Waals surface area contributed by atoms with E-state index >= 15 is 0 Å². The molecule has 0 spiro atoms. The van der Waals surface area contributed by atoms with Crippen LogP contribution in [0.4, 0.5) is 11.4 Å². The maximum atomic E-state index is 12.4. The van der Waals surface area contributed by atoms with Crippen LogP contribution in [-0.2, 0) is 9.53 Å². The van der Waals surface area contributed by atoms with Crippen LogP contribution in [0.15, 0.2) is 48.5 Å². The lowest BCUT2D eigenvalue weighted by atomic mass is 10.1. The zero-order chi connectivity index (χ0) is 23.9. The fourth-order valence-electron chi connectivity index (χ4n) is 3.54. The molecular formula is C27H36N2O4. The Kier molecular flexibility index (Phi) is 11.7. The second kappa shape index (κ2) is 14.8. The minimum Gasteiger partial charge on any atom is -0.465 e. The molecule has 6 heteroatoms. The average Bonchev–Trinajstić information content (AvgIpc) is 2.83. The molecule has 0 saturated carbocycles. The molecule has 2 amide bonds.